The summed E-state index contributed by atoms with van der Waals surface area (Å²) in [7, 11) is 0. The van der Waals surface area contributed by atoms with Crippen molar-refractivity contribution in [1.82, 2.24) is 0 Å². The molecular formula is C16H20O3. The maximum atomic E-state index is 11.4. The van der Waals surface area contributed by atoms with Crippen LogP contribution in [0.25, 0.3) is 0 Å². The van der Waals surface area contributed by atoms with Crippen LogP contribution in [0.4, 0.5) is 0 Å². The first-order valence-electron chi connectivity index (χ1n) is 7.24. The summed E-state index contributed by atoms with van der Waals surface area (Å²) in [5, 5.41) is 0. The molecular weight excluding hydrogens is 240 g/mol. The molecule has 3 rings (SSSR count). The highest BCUT2D eigenvalue weighted by atomic mass is 16.5. The average molecular weight is 260 g/mol. The van der Waals surface area contributed by atoms with E-state index in [2.05, 4.69) is 6.92 Å². The number of carbonyl (C=O) groups excluding carboxylic acids is 1. The number of benzene rings is 1. The van der Waals surface area contributed by atoms with E-state index in [0.717, 1.165) is 17.7 Å². The second-order valence-corrected chi connectivity index (χ2v) is 5.50. The Morgan fingerprint density at radius 1 is 1.37 bits per heavy atom. The Kier molecular flexibility index (Phi) is 3.45. The van der Waals surface area contributed by atoms with Gasteiger partial charge in [0.1, 0.15) is 18.5 Å². The van der Waals surface area contributed by atoms with Crippen molar-refractivity contribution >= 4 is 5.97 Å². The Bertz CT molecular complexity index is 475. The molecule has 1 aromatic carbocycles. The summed E-state index contributed by atoms with van der Waals surface area (Å²) in [4.78, 5) is 11.4. The van der Waals surface area contributed by atoms with Crippen LogP contribution in [0.5, 0.6) is 5.75 Å². The van der Waals surface area contributed by atoms with Crippen molar-refractivity contribution in [1.29, 1.82) is 0 Å². The van der Waals surface area contributed by atoms with Crippen LogP contribution >= 0.6 is 0 Å². The SMILES string of the molecule is CCC(Oc1ccc2c(c1)COC2=O)C1CCCC1. The van der Waals surface area contributed by atoms with Crippen LogP contribution in [0.3, 0.4) is 0 Å². The van der Waals surface area contributed by atoms with Crippen molar-refractivity contribution in [3.05, 3.63) is 29.3 Å². The highest BCUT2D eigenvalue weighted by molar-refractivity contribution is 5.93. The summed E-state index contributed by atoms with van der Waals surface area (Å²) in [6.07, 6.45) is 6.57. The third-order valence-corrected chi connectivity index (χ3v) is 4.27. The van der Waals surface area contributed by atoms with Gasteiger partial charge in [-0.2, -0.15) is 0 Å². The number of hydrogen-bond acceptors (Lipinski definition) is 3. The molecule has 0 radical (unpaired) electrons. The second kappa shape index (κ2) is 5.24. The molecule has 3 nitrogen and oxygen atoms in total. The lowest BCUT2D eigenvalue weighted by Crippen LogP contribution is -2.24. The largest absolute Gasteiger partial charge is 0.490 e. The van der Waals surface area contributed by atoms with E-state index in [0.29, 0.717) is 24.2 Å². The third kappa shape index (κ3) is 2.46. The Labute approximate surface area is 113 Å². The van der Waals surface area contributed by atoms with E-state index in [1.807, 2.05) is 18.2 Å². The van der Waals surface area contributed by atoms with Crippen LogP contribution in [0.15, 0.2) is 18.2 Å². The van der Waals surface area contributed by atoms with E-state index in [1.165, 1.54) is 25.7 Å². The molecule has 0 amide bonds. The highest BCUT2D eigenvalue weighted by Crippen LogP contribution is 2.32. The van der Waals surface area contributed by atoms with Gasteiger partial charge in [0, 0.05) is 5.56 Å². The van der Waals surface area contributed by atoms with Crippen molar-refractivity contribution in [2.75, 3.05) is 0 Å². The molecule has 1 unspecified atom stereocenters. The normalized spacial score (nSPS) is 20.2. The van der Waals surface area contributed by atoms with Gasteiger partial charge in [-0.15, -0.1) is 0 Å². The Balaban J connectivity index is 1.73. The summed E-state index contributed by atoms with van der Waals surface area (Å²) in [6.45, 7) is 2.56. The lowest BCUT2D eigenvalue weighted by Gasteiger charge is -2.23. The summed E-state index contributed by atoms with van der Waals surface area (Å²) in [5.74, 6) is 1.34. The van der Waals surface area contributed by atoms with E-state index in [4.69, 9.17) is 9.47 Å². The fourth-order valence-corrected chi connectivity index (χ4v) is 3.20. The van der Waals surface area contributed by atoms with E-state index in [1.54, 1.807) is 0 Å². The second-order valence-electron chi connectivity index (χ2n) is 5.50. The van der Waals surface area contributed by atoms with Crippen molar-refractivity contribution in [3.8, 4) is 5.75 Å². The van der Waals surface area contributed by atoms with Crippen LogP contribution in [0, 0.1) is 5.92 Å². The smallest absolute Gasteiger partial charge is 0.338 e. The van der Waals surface area contributed by atoms with Gasteiger partial charge in [-0.05, 0) is 43.4 Å². The molecule has 19 heavy (non-hydrogen) atoms. The van der Waals surface area contributed by atoms with Gasteiger partial charge in [0.15, 0.2) is 0 Å². The first kappa shape index (κ1) is 12.5. The third-order valence-electron chi connectivity index (χ3n) is 4.27. The molecule has 1 heterocycles. The summed E-state index contributed by atoms with van der Waals surface area (Å²) in [6, 6.07) is 5.67. The van der Waals surface area contributed by atoms with Gasteiger partial charge >= 0.3 is 5.97 Å². The van der Waals surface area contributed by atoms with E-state index in [9.17, 15) is 4.79 Å². The minimum atomic E-state index is -0.218. The number of carbonyl (C=O) groups is 1. The molecule has 0 saturated heterocycles. The zero-order chi connectivity index (χ0) is 13.2. The van der Waals surface area contributed by atoms with Gasteiger partial charge in [0.05, 0.1) is 5.56 Å². The van der Waals surface area contributed by atoms with Crippen molar-refractivity contribution in [3.63, 3.8) is 0 Å². The van der Waals surface area contributed by atoms with Gasteiger partial charge < -0.3 is 9.47 Å². The van der Waals surface area contributed by atoms with Crippen LogP contribution in [0.1, 0.15) is 54.9 Å². The number of hydrogen-bond donors (Lipinski definition) is 0. The molecule has 1 aromatic rings. The molecule has 1 fully saturated rings. The van der Waals surface area contributed by atoms with Crippen molar-refractivity contribution in [2.45, 2.75) is 51.7 Å². The lowest BCUT2D eigenvalue weighted by molar-refractivity contribution is 0.0535. The molecule has 1 aliphatic heterocycles. The maximum absolute atomic E-state index is 11.4. The van der Waals surface area contributed by atoms with Gasteiger partial charge in [-0.3, -0.25) is 0 Å². The quantitative estimate of drug-likeness (QED) is 0.774. The van der Waals surface area contributed by atoms with Crippen LogP contribution in [-0.4, -0.2) is 12.1 Å². The molecule has 1 saturated carbocycles. The Morgan fingerprint density at radius 3 is 2.89 bits per heavy atom. The van der Waals surface area contributed by atoms with Crippen LogP contribution in [-0.2, 0) is 11.3 Å². The van der Waals surface area contributed by atoms with Crippen LogP contribution < -0.4 is 4.74 Å². The van der Waals surface area contributed by atoms with Crippen molar-refractivity contribution in [2.24, 2.45) is 5.92 Å². The molecule has 102 valence electrons. The molecule has 0 N–H and O–H groups in total. The minimum absolute atomic E-state index is 0.218. The number of fused-ring (bicyclic) bond motifs is 1. The van der Waals surface area contributed by atoms with E-state index >= 15 is 0 Å². The first-order valence-corrected chi connectivity index (χ1v) is 7.24. The van der Waals surface area contributed by atoms with Gasteiger partial charge in [0.2, 0.25) is 0 Å². The van der Waals surface area contributed by atoms with Gasteiger partial charge in [0.25, 0.3) is 0 Å². The monoisotopic (exact) mass is 260 g/mol. The summed E-state index contributed by atoms with van der Waals surface area (Å²) < 4.78 is 11.2. The number of ether oxygens (including phenoxy) is 2. The van der Waals surface area contributed by atoms with E-state index < -0.39 is 0 Å². The molecule has 0 bridgehead atoms. The standard InChI is InChI=1S/C16H20O3/c1-2-15(11-5-3-4-6-11)19-13-7-8-14-12(9-13)10-18-16(14)17/h7-9,11,15H,2-6,10H2,1H3. The van der Waals surface area contributed by atoms with Crippen molar-refractivity contribution < 1.29 is 14.3 Å². The highest BCUT2D eigenvalue weighted by Gasteiger charge is 2.26. The fourth-order valence-electron chi connectivity index (χ4n) is 3.20. The molecule has 3 heteroatoms. The van der Waals surface area contributed by atoms with E-state index in [-0.39, 0.29) is 5.97 Å². The minimum Gasteiger partial charge on any atom is -0.490 e. The summed E-state index contributed by atoms with van der Waals surface area (Å²) in [5.41, 5.74) is 1.63. The molecule has 1 aliphatic carbocycles. The molecule has 0 aromatic heterocycles. The molecule has 1 atom stereocenters. The number of cyclic esters (lactones) is 1. The predicted molar refractivity (Wildman–Crippen MR) is 72.2 cm³/mol. The fraction of sp³-hybridized carbons (Fsp3) is 0.562. The predicted octanol–water partition coefficient (Wildman–Crippen LogP) is 3.70. The lowest BCUT2D eigenvalue weighted by atomic mass is 9.98. The Hall–Kier alpha value is -1.51. The number of rotatable bonds is 4. The van der Waals surface area contributed by atoms with Gasteiger partial charge in [-0.1, -0.05) is 19.8 Å². The molecule has 0 spiro atoms. The van der Waals surface area contributed by atoms with Gasteiger partial charge in [-0.25, -0.2) is 4.79 Å². The Morgan fingerprint density at radius 2 is 2.16 bits per heavy atom. The zero-order valence-electron chi connectivity index (χ0n) is 11.4. The number of esters is 1. The topological polar surface area (TPSA) is 35.5 Å². The maximum Gasteiger partial charge on any atom is 0.338 e. The summed E-state index contributed by atoms with van der Waals surface area (Å²) >= 11 is 0. The molecule has 2 aliphatic rings. The first-order chi connectivity index (χ1) is 9.28. The zero-order valence-corrected chi connectivity index (χ0v) is 11.4. The average Bonchev–Trinajstić information content (AvgIpc) is 3.06. The van der Waals surface area contributed by atoms with Crippen LogP contribution in [0.2, 0.25) is 0 Å².